The minimum absolute atomic E-state index is 0.723. The number of benzene rings is 1. The lowest BCUT2D eigenvalue weighted by molar-refractivity contribution is 1.19. The molecule has 0 saturated heterocycles. The van der Waals surface area contributed by atoms with E-state index in [0.29, 0.717) is 0 Å². The Kier molecular flexibility index (Phi) is 2.50. The fourth-order valence-corrected chi connectivity index (χ4v) is 3.20. The highest BCUT2D eigenvalue weighted by Gasteiger charge is 2.12. The highest BCUT2D eigenvalue weighted by Crippen LogP contribution is 2.31. The molecule has 0 amide bonds. The van der Waals surface area contributed by atoms with Gasteiger partial charge in [0.25, 0.3) is 0 Å². The van der Waals surface area contributed by atoms with Crippen LogP contribution in [0.4, 0.5) is 0 Å². The summed E-state index contributed by atoms with van der Waals surface area (Å²) in [5, 5.41) is 2.73. The van der Waals surface area contributed by atoms with Crippen molar-refractivity contribution in [2.24, 2.45) is 0 Å². The molecule has 1 aromatic carbocycles. The van der Waals surface area contributed by atoms with Crippen LogP contribution in [0.5, 0.6) is 0 Å². The molecule has 16 heavy (non-hydrogen) atoms. The molecule has 3 rings (SSSR count). The van der Waals surface area contributed by atoms with Crippen molar-refractivity contribution in [3.05, 3.63) is 45.5 Å². The van der Waals surface area contributed by atoms with Gasteiger partial charge in [0.05, 0.1) is 0 Å². The van der Waals surface area contributed by atoms with E-state index in [0.717, 1.165) is 25.8 Å². The first-order chi connectivity index (χ1) is 7.75. The van der Waals surface area contributed by atoms with E-state index in [1.807, 2.05) is 40.2 Å². The zero-order chi connectivity index (χ0) is 11.1. The molecule has 2 nitrogen and oxygen atoms in total. The van der Waals surface area contributed by atoms with Crippen LogP contribution >= 0.6 is 38.9 Å². The van der Waals surface area contributed by atoms with E-state index >= 15 is 0 Å². The van der Waals surface area contributed by atoms with E-state index in [4.69, 9.17) is 11.6 Å². The van der Waals surface area contributed by atoms with Gasteiger partial charge in [-0.05, 0) is 28.1 Å². The average molecular weight is 314 g/mol. The second-order valence-corrected chi connectivity index (χ2v) is 5.38. The van der Waals surface area contributed by atoms with E-state index in [1.54, 1.807) is 11.3 Å². The van der Waals surface area contributed by atoms with Crippen molar-refractivity contribution in [3.8, 4) is 11.3 Å². The van der Waals surface area contributed by atoms with Crippen LogP contribution in [0.1, 0.15) is 0 Å². The molecule has 0 fully saturated rings. The van der Waals surface area contributed by atoms with Crippen LogP contribution in [0.3, 0.4) is 0 Å². The smallest absolute Gasteiger partial charge is 0.195 e. The molecule has 0 spiro atoms. The van der Waals surface area contributed by atoms with Crippen LogP contribution in [-0.4, -0.2) is 9.38 Å². The quantitative estimate of drug-likeness (QED) is 0.647. The van der Waals surface area contributed by atoms with Gasteiger partial charge in [0.1, 0.15) is 10.3 Å². The first kappa shape index (κ1) is 10.3. The Morgan fingerprint density at radius 3 is 3.00 bits per heavy atom. The van der Waals surface area contributed by atoms with E-state index in [-0.39, 0.29) is 0 Å². The van der Waals surface area contributed by atoms with Crippen molar-refractivity contribution in [2.45, 2.75) is 0 Å². The third-order valence-electron chi connectivity index (χ3n) is 2.30. The summed E-state index contributed by atoms with van der Waals surface area (Å²) in [7, 11) is 0. The van der Waals surface area contributed by atoms with Crippen LogP contribution in [0, 0.1) is 0 Å². The minimum Gasteiger partial charge on any atom is -0.284 e. The molecule has 0 aliphatic carbocycles. The third kappa shape index (κ3) is 1.57. The van der Waals surface area contributed by atoms with Gasteiger partial charge in [-0.3, -0.25) is 4.40 Å². The van der Waals surface area contributed by atoms with Crippen LogP contribution in [0.15, 0.2) is 40.4 Å². The Morgan fingerprint density at radius 2 is 2.25 bits per heavy atom. The molecule has 3 aromatic rings. The molecule has 0 saturated carbocycles. The van der Waals surface area contributed by atoms with Crippen molar-refractivity contribution >= 4 is 43.8 Å². The minimum atomic E-state index is 0.723. The Hall–Kier alpha value is -0.840. The number of nitrogens with zero attached hydrogens (tertiary/aromatic N) is 2. The Labute approximate surface area is 110 Å². The third-order valence-corrected chi connectivity index (χ3v) is 4.05. The van der Waals surface area contributed by atoms with Gasteiger partial charge in [-0.1, -0.05) is 23.7 Å². The summed E-state index contributed by atoms with van der Waals surface area (Å²) in [6.07, 6.45) is 1.99. The maximum atomic E-state index is 5.97. The van der Waals surface area contributed by atoms with Crippen molar-refractivity contribution < 1.29 is 0 Å². The van der Waals surface area contributed by atoms with E-state index in [1.165, 1.54) is 0 Å². The summed E-state index contributed by atoms with van der Waals surface area (Å²) >= 11 is 11.1. The fourth-order valence-electron chi connectivity index (χ4n) is 1.58. The summed E-state index contributed by atoms with van der Waals surface area (Å²) in [4.78, 5) is 5.53. The molecule has 0 aliphatic heterocycles. The standard InChI is InChI=1S/C11H6BrClN2S/c12-10-9(7-2-1-3-8(13)6-7)14-11-15(10)4-5-16-11/h1-6H. The lowest BCUT2D eigenvalue weighted by Crippen LogP contribution is -1.79. The van der Waals surface area contributed by atoms with Crippen LogP contribution in [-0.2, 0) is 0 Å². The van der Waals surface area contributed by atoms with E-state index < -0.39 is 0 Å². The first-order valence-corrected chi connectivity index (χ1v) is 6.68. The monoisotopic (exact) mass is 312 g/mol. The van der Waals surface area contributed by atoms with Crippen LogP contribution < -0.4 is 0 Å². The molecule has 0 N–H and O–H groups in total. The van der Waals surface area contributed by atoms with Crippen molar-refractivity contribution in [1.29, 1.82) is 0 Å². The number of hydrogen-bond acceptors (Lipinski definition) is 2. The Balaban J connectivity index is 2.25. The van der Waals surface area contributed by atoms with Gasteiger partial charge in [0.15, 0.2) is 4.96 Å². The zero-order valence-electron chi connectivity index (χ0n) is 8.02. The summed E-state index contributed by atoms with van der Waals surface area (Å²) in [6, 6.07) is 7.71. The largest absolute Gasteiger partial charge is 0.284 e. The topological polar surface area (TPSA) is 17.3 Å². The predicted molar refractivity (Wildman–Crippen MR) is 71.2 cm³/mol. The van der Waals surface area contributed by atoms with Gasteiger partial charge >= 0.3 is 0 Å². The number of fused-ring (bicyclic) bond motifs is 1. The van der Waals surface area contributed by atoms with Gasteiger partial charge in [0.2, 0.25) is 0 Å². The molecule has 0 bridgehead atoms. The van der Waals surface area contributed by atoms with Gasteiger partial charge in [-0.2, -0.15) is 0 Å². The maximum Gasteiger partial charge on any atom is 0.195 e. The second kappa shape index (κ2) is 3.87. The number of rotatable bonds is 1. The molecule has 0 unspecified atom stereocenters. The summed E-state index contributed by atoms with van der Waals surface area (Å²) < 4.78 is 2.98. The van der Waals surface area contributed by atoms with Gasteiger partial charge < -0.3 is 0 Å². The Morgan fingerprint density at radius 1 is 1.38 bits per heavy atom. The van der Waals surface area contributed by atoms with E-state index in [9.17, 15) is 0 Å². The molecular formula is C11H6BrClN2S. The molecule has 0 aliphatic rings. The number of aromatic nitrogens is 2. The average Bonchev–Trinajstić information content (AvgIpc) is 2.82. The molecule has 0 atom stereocenters. The number of hydrogen-bond donors (Lipinski definition) is 0. The summed E-state index contributed by atoms with van der Waals surface area (Å²) in [5.41, 5.74) is 1.95. The van der Waals surface area contributed by atoms with Crippen LogP contribution in [0.2, 0.25) is 5.02 Å². The van der Waals surface area contributed by atoms with Crippen molar-refractivity contribution in [3.63, 3.8) is 0 Å². The summed E-state index contributed by atoms with van der Waals surface area (Å²) in [5.74, 6) is 0. The SMILES string of the molecule is Clc1cccc(-c2nc3sccn3c2Br)c1. The van der Waals surface area contributed by atoms with Crippen molar-refractivity contribution in [1.82, 2.24) is 9.38 Å². The predicted octanol–water partition coefficient (Wildman–Crippen LogP) is 4.48. The number of thiazole rings is 1. The highest BCUT2D eigenvalue weighted by molar-refractivity contribution is 9.10. The molecular weight excluding hydrogens is 308 g/mol. The maximum absolute atomic E-state index is 5.97. The lowest BCUT2D eigenvalue weighted by Gasteiger charge is -1.98. The summed E-state index contributed by atoms with van der Waals surface area (Å²) in [6.45, 7) is 0. The zero-order valence-corrected chi connectivity index (χ0v) is 11.2. The molecule has 2 aromatic heterocycles. The van der Waals surface area contributed by atoms with Gasteiger partial charge in [-0.25, -0.2) is 4.98 Å². The van der Waals surface area contributed by atoms with Gasteiger partial charge in [-0.15, -0.1) is 11.3 Å². The number of halogens is 2. The lowest BCUT2D eigenvalue weighted by atomic mass is 10.2. The van der Waals surface area contributed by atoms with E-state index in [2.05, 4.69) is 20.9 Å². The number of imidazole rings is 1. The fraction of sp³-hybridized carbons (Fsp3) is 0. The second-order valence-electron chi connectivity index (χ2n) is 3.32. The van der Waals surface area contributed by atoms with Crippen LogP contribution in [0.25, 0.3) is 16.2 Å². The first-order valence-electron chi connectivity index (χ1n) is 4.63. The normalized spacial score (nSPS) is 11.1. The van der Waals surface area contributed by atoms with Gasteiger partial charge in [0, 0.05) is 22.2 Å². The Bertz CT molecular complexity index is 659. The molecule has 2 heterocycles. The molecule has 0 radical (unpaired) electrons. The highest BCUT2D eigenvalue weighted by atomic mass is 79.9. The van der Waals surface area contributed by atoms with Crippen molar-refractivity contribution in [2.75, 3.05) is 0 Å². The molecule has 80 valence electrons. The molecule has 5 heteroatoms.